The van der Waals surface area contributed by atoms with Crippen LogP contribution < -0.4 is 18.9 Å². The quantitative estimate of drug-likeness (QED) is 0.536. The highest BCUT2D eigenvalue weighted by atomic mass is 32.2. The van der Waals surface area contributed by atoms with Gasteiger partial charge in [0.1, 0.15) is 6.04 Å². The van der Waals surface area contributed by atoms with E-state index in [9.17, 15) is 0 Å². The number of hydrogen-bond donors (Lipinski definition) is 0. The molecular weight excluding hydrogens is 450 g/mol. The van der Waals surface area contributed by atoms with Crippen molar-refractivity contribution in [3.63, 3.8) is 0 Å². The first-order valence-corrected chi connectivity index (χ1v) is 12.0. The minimum atomic E-state index is -0.0392. The van der Waals surface area contributed by atoms with Gasteiger partial charge in [-0.25, -0.2) is 10.0 Å². The number of methoxy groups -OCH3 is 4. The van der Waals surface area contributed by atoms with E-state index in [0.717, 1.165) is 47.0 Å². The largest absolute Gasteiger partial charge is 0.493 e. The van der Waals surface area contributed by atoms with Gasteiger partial charge >= 0.3 is 0 Å². The molecule has 0 aromatic heterocycles. The Morgan fingerprint density at radius 1 is 0.882 bits per heavy atom. The Labute approximate surface area is 203 Å². The van der Waals surface area contributed by atoms with Gasteiger partial charge in [-0.1, -0.05) is 12.1 Å². The van der Waals surface area contributed by atoms with Crippen LogP contribution in [0.25, 0.3) is 6.08 Å². The molecule has 0 saturated carbocycles. The van der Waals surface area contributed by atoms with Crippen molar-refractivity contribution in [3.8, 4) is 23.0 Å². The molecule has 0 fully saturated rings. The van der Waals surface area contributed by atoms with Crippen LogP contribution in [0.3, 0.4) is 0 Å². The topological polar surface area (TPSA) is 64.9 Å². The van der Waals surface area contributed by atoms with Gasteiger partial charge in [0, 0.05) is 0 Å². The molecule has 2 aliphatic heterocycles. The molecule has 1 atom stereocenters. The summed E-state index contributed by atoms with van der Waals surface area (Å²) in [6, 6.07) is 12.0. The average Bonchev–Trinajstić information content (AvgIpc) is 3.35. The molecule has 5 rings (SSSR count). The van der Waals surface area contributed by atoms with Crippen molar-refractivity contribution in [3.05, 3.63) is 64.4 Å². The number of rotatable bonds is 6. The molecule has 34 heavy (non-hydrogen) atoms. The molecule has 1 aliphatic carbocycles. The first-order valence-electron chi connectivity index (χ1n) is 11.1. The van der Waals surface area contributed by atoms with Gasteiger partial charge in [-0.15, -0.1) is 0 Å². The third kappa shape index (κ3) is 3.92. The molecule has 1 unspecified atom stereocenters. The van der Waals surface area contributed by atoms with E-state index in [1.807, 2.05) is 40.9 Å². The van der Waals surface area contributed by atoms with Crippen LogP contribution in [0, 0.1) is 0 Å². The monoisotopic (exact) mass is 477 g/mol. The fourth-order valence-electron chi connectivity index (χ4n) is 4.69. The van der Waals surface area contributed by atoms with Crippen molar-refractivity contribution in [1.82, 2.24) is 5.01 Å². The molecule has 0 saturated heterocycles. The van der Waals surface area contributed by atoms with Crippen molar-refractivity contribution in [2.75, 3.05) is 28.4 Å². The van der Waals surface area contributed by atoms with E-state index in [4.69, 9.17) is 23.9 Å². The van der Waals surface area contributed by atoms with E-state index in [-0.39, 0.29) is 6.04 Å². The van der Waals surface area contributed by atoms with E-state index in [1.54, 1.807) is 40.2 Å². The van der Waals surface area contributed by atoms with Crippen LogP contribution in [0.15, 0.2) is 63.3 Å². The smallest absolute Gasteiger partial charge is 0.191 e. The number of thioether (sulfide) groups is 1. The molecule has 0 spiro atoms. The summed E-state index contributed by atoms with van der Waals surface area (Å²) in [5, 5.41) is 7.55. The molecule has 8 heteroatoms. The highest BCUT2D eigenvalue weighted by Gasteiger charge is 2.38. The SMILES string of the molecule is COc1ccc(/C=C2\CCCC3=C2N=C2SC=NN2C3c2ccc(OC)c(OC)c2)cc1OC. The average molecular weight is 478 g/mol. The lowest BCUT2D eigenvalue weighted by Gasteiger charge is -2.36. The Balaban J connectivity index is 1.60. The van der Waals surface area contributed by atoms with E-state index in [0.29, 0.717) is 17.2 Å². The number of fused-ring (bicyclic) bond motifs is 1. The van der Waals surface area contributed by atoms with Crippen LogP contribution >= 0.6 is 11.8 Å². The summed E-state index contributed by atoms with van der Waals surface area (Å²) in [5.41, 5.74) is 7.56. The van der Waals surface area contributed by atoms with Gasteiger partial charge in [0.25, 0.3) is 0 Å². The summed E-state index contributed by atoms with van der Waals surface area (Å²) < 4.78 is 21.9. The maximum absolute atomic E-state index is 5.59. The van der Waals surface area contributed by atoms with E-state index in [1.165, 1.54) is 11.1 Å². The summed E-state index contributed by atoms with van der Waals surface area (Å²) in [5.74, 6) is 2.85. The van der Waals surface area contributed by atoms with Crippen molar-refractivity contribution >= 4 is 28.6 Å². The van der Waals surface area contributed by atoms with Gasteiger partial charge in [0.05, 0.1) is 39.7 Å². The Morgan fingerprint density at radius 3 is 2.32 bits per heavy atom. The molecule has 7 nitrogen and oxygen atoms in total. The second-order valence-corrected chi connectivity index (χ2v) is 8.92. The fraction of sp³-hybridized carbons (Fsp3) is 0.308. The van der Waals surface area contributed by atoms with Gasteiger partial charge in [0.15, 0.2) is 28.2 Å². The fourth-order valence-corrected chi connectivity index (χ4v) is 5.34. The zero-order valence-corrected chi connectivity index (χ0v) is 20.5. The predicted octanol–water partition coefficient (Wildman–Crippen LogP) is 5.65. The molecule has 2 aromatic rings. The molecule has 176 valence electrons. The summed E-state index contributed by atoms with van der Waals surface area (Å²) in [7, 11) is 6.61. The normalized spacial score (nSPS) is 20.1. The zero-order valence-electron chi connectivity index (χ0n) is 19.7. The lowest BCUT2D eigenvalue weighted by atomic mass is 9.83. The lowest BCUT2D eigenvalue weighted by molar-refractivity contribution is 0.345. The van der Waals surface area contributed by atoms with Crippen molar-refractivity contribution in [2.24, 2.45) is 10.1 Å². The Bertz CT molecular complexity index is 1230. The first kappa shape index (κ1) is 22.4. The van der Waals surface area contributed by atoms with E-state index in [2.05, 4.69) is 17.2 Å². The van der Waals surface area contributed by atoms with E-state index >= 15 is 0 Å². The third-order valence-corrected chi connectivity index (χ3v) is 6.97. The molecule has 2 heterocycles. The van der Waals surface area contributed by atoms with Crippen molar-refractivity contribution < 1.29 is 18.9 Å². The molecule has 0 bridgehead atoms. The van der Waals surface area contributed by atoms with Crippen LogP contribution in [-0.2, 0) is 0 Å². The Hall–Kier alpha value is -3.39. The second kappa shape index (κ2) is 9.46. The maximum atomic E-state index is 5.59. The highest BCUT2D eigenvalue weighted by Crippen LogP contribution is 2.48. The summed E-state index contributed by atoms with van der Waals surface area (Å²) >= 11 is 1.55. The number of hydrazone groups is 1. The van der Waals surface area contributed by atoms with Gasteiger partial charge in [-0.3, -0.25) is 0 Å². The number of allylic oxidation sites excluding steroid dienone is 1. The number of aliphatic imine (C=N–C) groups is 1. The van der Waals surface area contributed by atoms with Gasteiger partial charge in [0.2, 0.25) is 0 Å². The molecule has 2 aromatic carbocycles. The highest BCUT2D eigenvalue weighted by molar-refractivity contribution is 8.25. The standard InChI is InChI=1S/C26H27N3O4S/c1-30-20-10-8-16(13-22(20)32-3)12-17-6-5-7-19-24(17)28-26-29(27-15-34-26)25(19)18-9-11-21(31-2)23(14-18)33-4/h8-15,25H,5-7H2,1-4H3/b17-12+. The summed E-state index contributed by atoms with van der Waals surface area (Å²) in [6.07, 6.45) is 5.19. The van der Waals surface area contributed by atoms with Crippen LogP contribution in [0.2, 0.25) is 0 Å². The number of nitrogens with zero attached hydrogens (tertiary/aromatic N) is 3. The molecule has 0 radical (unpaired) electrons. The minimum absolute atomic E-state index is 0.0392. The number of ether oxygens (including phenoxy) is 4. The predicted molar refractivity (Wildman–Crippen MR) is 136 cm³/mol. The Kier molecular flexibility index (Phi) is 6.24. The molecule has 0 N–H and O–H groups in total. The van der Waals surface area contributed by atoms with Gasteiger partial charge < -0.3 is 18.9 Å². The second-order valence-electron chi connectivity index (χ2n) is 8.11. The Morgan fingerprint density at radius 2 is 1.59 bits per heavy atom. The van der Waals surface area contributed by atoms with Crippen molar-refractivity contribution in [2.45, 2.75) is 25.3 Å². The van der Waals surface area contributed by atoms with E-state index < -0.39 is 0 Å². The molecular formula is C26H27N3O4S. The molecule has 0 amide bonds. The number of hydrogen-bond acceptors (Lipinski definition) is 8. The van der Waals surface area contributed by atoms with Crippen LogP contribution in [0.4, 0.5) is 0 Å². The van der Waals surface area contributed by atoms with Crippen molar-refractivity contribution in [1.29, 1.82) is 0 Å². The first-order chi connectivity index (χ1) is 16.7. The molecule has 3 aliphatic rings. The minimum Gasteiger partial charge on any atom is -0.493 e. The van der Waals surface area contributed by atoms with Gasteiger partial charge in [-0.2, -0.15) is 5.10 Å². The lowest BCUT2D eigenvalue weighted by Crippen LogP contribution is -2.32. The maximum Gasteiger partial charge on any atom is 0.191 e. The van der Waals surface area contributed by atoms with Crippen LogP contribution in [-0.4, -0.2) is 44.2 Å². The third-order valence-electron chi connectivity index (χ3n) is 6.28. The summed E-state index contributed by atoms with van der Waals surface area (Å²) in [4.78, 5) is 5.05. The van der Waals surface area contributed by atoms with Crippen LogP contribution in [0.5, 0.6) is 23.0 Å². The number of benzene rings is 2. The van der Waals surface area contributed by atoms with Gasteiger partial charge in [-0.05, 0) is 83.6 Å². The van der Waals surface area contributed by atoms with Crippen LogP contribution in [0.1, 0.15) is 36.4 Å². The zero-order chi connectivity index (χ0) is 23.7. The number of amidine groups is 1. The summed E-state index contributed by atoms with van der Waals surface area (Å²) in [6.45, 7) is 0.